The Morgan fingerprint density at radius 3 is 2.00 bits per heavy atom. The molecular weight excluding hydrogens is 296 g/mol. The highest BCUT2D eigenvalue weighted by atomic mass is 16.4. The zero-order chi connectivity index (χ0) is 16.6. The van der Waals surface area contributed by atoms with Gasteiger partial charge >= 0.3 is 23.9 Å². The number of fused-ring (bicyclic) bond motifs is 1. The minimum absolute atomic E-state index is 0.188. The molecule has 0 amide bonds. The topological polar surface area (TPSA) is 149 Å². The molecule has 0 aromatic heterocycles. The van der Waals surface area contributed by atoms with Gasteiger partial charge in [-0.2, -0.15) is 0 Å². The predicted molar refractivity (Wildman–Crippen MR) is 70.0 cm³/mol. The van der Waals surface area contributed by atoms with Crippen LogP contribution >= 0.6 is 0 Å². The van der Waals surface area contributed by atoms with Crippen molar-refractivity contribution >= 4 is 23.9 Å². The van der Waals surface area contributed by atoms with E-state index in [9.17, 15) is 34.5 Å². The molecular formula is C14H14O8. The maximum absolute atomic E-state index is 11.5. The number of hydrogen-bond acceptors (Lipinski definition) is 4. The van der Waals surface area contributed by atoms with Crippen molar-refractivity contribution in [1.82, 2.24) is 0 Å². The van der Waals surface area contributed by atoms with Crippen LogP contribution < -0.4 is 0 Å². The van der Waals surface area contributed by atoms with Gasteiger partial charge in [0.25, 0.3) is 0 Å². The SMILES string of the molecule is O=C(O)C1=C(C(=O)O)C(C(=O)O)C2CCCC(C(=O)O)C2=C1. The van der Waals surface area contributed by atoms with Gasteiger partial charge in [0, 0.05) is 0 Å². The summed E-state index contributed by atoms with van der Waals surface area (Å²) in [5.74, 6) is -9.15. The van der Waals surface area contributed by atoms with Crippen molar-refractivity contribution in [2.24, 2.45) is 17.8 Å². The number of rotatable bonds is 4. The zero-order valence-electron chi connectivity index (χ0n) is 11.4. The third kappa shape index (κ3) is 2.47. The molecule has 118 valence electrons. The lowest BCUT2D eigenvalue weighted by atomic mass is 9.65. The van der Waals surface area contributed by atoms with Crippen LogP contribution in [0.15, 0.2) is 22.8 Å². The summed E-state index contributed by atoms with van der Waals surface area (Å²) in [5, 5.41) is 37.0. The number of carboxylic acids is 4. The maximum Gasteiger partial charge on any atom is 0.336 e. The van der Waals surface area contributed by atoms with Gasteiger partial charge in [0.2, 0.25) is 0 Å². The summed E-state index contributed by atoms with van der Waals surface area (Å²) in [5.41, 5.74) is -1.16. The molecule has 0 bridgehead atoms. The Morgan fingerprint density at radius 2 is 1.55 bits per heavy atom. The van der Waals surface area contributed by atoms with E-state index in [4.69, 9.17) is 5.11 Å². The van der Waals surface area contributed by atoms with Crippen LogP contribution in [0.25, 0.3) is 0 Å². The highest BCUT2D eigenvalue weighted by molar-refractivity contribution is 6.05. The molecule has 1 fully saturated rings. The molecule has 3 atom stereocenters. The fourth-order valence-corrected chi connectivity index (χ4v) is 3.30. The fourth-order valence-electron chi connectivity index (χ4n) is 3.30. The second-order valence-corrected chi connectivity index (χ2v) is 5.33. The average molecular weight is 310 g/mol. The summed E-state index contributed by atoms with van der Waals surface area (Å²) in [4.78, 5) is 45.4. The van der Waals surface area contributed by atoms with E-state index >= 15 is 0 Å². The third-order valence-corrected chi connectivity index (χ3v) is 4.18. The Hall–Kier alpha value is -2.64. The zero-order valence-corrected chi connectivity index (χ0v) is 11.4. The highest BCUT2D eigenvalue weighted by Crippen LogP contribution is 2.45. The smallest absolute Gasteiger partial charge is 0.336 e. The summed E-state index contributed by atoms with van der Waals surface area (Å²) in [6.07, 6.45) is 2.07. The molecule has 0 aromatic carbocycles. The minimum atomic E-state index is -1.61. The molecule has 0 spiro atoms. The standard InChI is InChI=1S/C14H14O8/c15-11(16)6-3-1-2-5-7(6)4-8(12(17)18)10(14(21)22)9(5)13(19)20/h4-6,9H,1-3H2,(H,15,16)(H,17,18)(H,19,20)(H,21,22). The molecule has 2 rings (SSSR count). The van der Waals surface area contributed by atoms with Gasteiger partial charge in [-0.15, -0.1) is 0 Å². The number of hydrogen-bond donors (Lipinski definition) is 4. The van der Waals surface area contributed by atoms with E-state index in [-0.39, 0.29) is 12.0 Å². The lowest BCUT2D eigenvalue weighted by Crippen LogP contribution is -2.39. The summed E-state index contributed by atoms with van der Waals surface area (Å²) < 4.78 is 0. The molecule has 0 aromatic rings. The van der Waals surface area contributed by atoms with E-state index in [0.717, 1.165) is 6.08 Å². The average Bonchev–Trinajstić information content (AvgIpc) is 2.43. The van der Waals surface area contributed by atoms with Gasteiger partial charge in [-0.05, 0) is 24.8 Å². The maximum atomic E-state index is 11.5. The van der Waals surface area contributed by atoms with Gasteiger partial charge in [0.1, 0.15) is 0 Å². The van der Waals surface area contributed by atoms with Crippen molar-refractivity contribution in [3.8, 4) is 0 Å². The minimum Gasteiger partial charge on any atom is -0.481 e. The summed E-state index contributed by atoms with van der Waals surface area (Å²) in [7, 11) is 0. The van der Waals surface area contributed by atoms with E-state index in [2.05, 4.69) is 0 Å². The van der Waals surface area contributed by atoms with E-state index in [0.29, 0.717) is 12.8 Å². The molecule has 22 heavy (non-hydrogen) atoms. The van der Waals surface area contributed by atoms with E-state index in [1.165, 1.54) is 0 Å². The van der Waals surface area contributed by atoms with Crippen molar-refractivity contribution in [3.63, 3.8) is 0 Å². The second-order valence-electron chi connectivity index (χ2n) is 5.33. The molecule has 2 aliphatic rings. The largest absolute Gasteiger partial charge is 0.481 e. The Balaban J connectivity index is 2.68. The molecule has 4 N–H and O–H groups in total. The number of aliphatic carboxylic acids is 4. The van der Waals surface area contributed by atoms with Crippen molar-refractivity contribution in [2.75, 3.05) is 0 Å². The van der Waals surface area contributed by atoms with Crippen molar-refractivity contribution in [1.29, 1.82) is 0 Å². The van der Waals surface area contributed by atoms with Crippen molar-refractivity contribution in [2.45, 2.75) is 19.3 Å². The molecule has 1 saturated carbocycles. The van der Waals surface area contributed by atoms with Gasteiger partial charge < -0.3 is 20.4 Å². The van der Waals surface area contributed by atoms with Crippen molar-refractivity contribution in [3.05, 3.63) is 22.8 Å². The Bertz CT molecular complexity index is 627. The summed E-state index contributed by atoms with van der Waals surface area (Å²) in [6, 6.07) is 0. The first-order valence-corrected chi connectivity index (χ1v) is 6.63. The molecule has 0 saturated heterocycles. The van der Waals surface area contributed by atoms with Crippen molar-refractivity contribution < 1.29 is 39.6 Å². The van der Waals surface area contributed by atoms with Gasteiger partial charge in [0.05, 0.1) is 23.0 Å². The van der Waals surface area contributed by atoms with E-state index in [1.807, 2.05) is 0 Å². The van der Waals surface area contributed by atoms with Crippen LogP contribution in [0.1, 0.15) is 19.3 Å². The van der Waals surface area contributed by atoms with Crippen LogP contribution in [0.3, 0.4) is 0 Å². The van der Waals surface area contributed by atoms with Crippen LogP contribution in [0.2, 0.25) is 0 Å². The van der Waals surface area contributed by atoms with Crippen LogP contribution in [0, 0.1) is 17.8 Å². The molecule has 3 unspecified atom stereocenters. The molecule has 8 nitrogen and oxygen atoms in total. The Kier molecular flexibility index (Phi) is 4.03. The van der Waals surface area contributed by atoms with Crippen LogP contribution in [-0.4, -0.2) is 44.3 Å². The van der Waals surface area contributed by atoms with E-state index < -0.39 is 52.8 Å². The fraction of sp³-hybridized carbons (Fsp3) is 0.429. The van der Waals surface area contributed by atoms with Crippen LogP contribution in [0.5, 0.6) is 0 Å². The Morgan fingerprint density at radius 1 is 0.909 bits per heavy atom. The second kappa shape index (κ2) is 5.63. The van der Waals surface area contributed by atoms with Gasteiger partial charge in [-0.25, -0.2) is 9.59 Å². The van der Waals surface area contributed by atoms with Gasteiger partial charge in [-0.3, -0.25) is 9.59 Å². The lowest BCUT2D eigenvalue weighted by molar-refractivity contribution is -0.147. The van der Waals surface area contributed by atoms with Crippen LogP contribution in [-0.2, 0) is 19.2 Å². The number of carboxylic acid groups (broad SMARTS) is 4. The summed E-state index contributed by atoms with van der Waals surface area (Å²) >= 11 is 0. The quantitative estimate of drug-likeness (QED) is 0.589. The highest BCUT2D eigenvalue weighted by Gasteiger charge is 2.47. The Labute approximate surface area is 124 Å². The third-order valence-electron chi connectivity index (χ3n) is 4.18. The normalized spacial score (nSPS) is 27.6. The van der Waals surface area contributed by atoms with Gasteiger partial charge in [-0.1, -0.05) is 12.0 Å². The molecule has 0 aliphatic heterocycles. The van der Waals surface area contributed by atoms with Gasteiger partial charge in [0.15, 0.2) is 0 Å². The molecule has 2 aliphatic carbocycles. The predicted octanol–water partition coefficient (Wildman–Crippen LogP) is 0.594. The van der Waals surface area contributed by atoms with E-state index in [1.54, 1.807) is 0 Å². The monoisotopic (exact) mass is 310 g/mol. The molecule has 8 heteroatoms. The lowest BCUT2D eigenvalue weighted by Gasteiger charge is -2.37. The first kappa shape index (κ1) is 15.7. The molecule has 0 heterocycles. The molecule has 0 radical (unpaired) electrons. The number of carbonyl (C=O) groups is 4. The summed E-state index contributed by atoms with van der Waals surface area (Å²) in [6.45, 7) is 0. The first-order chi connectivity index (χ1) is 10.3. The first-order valence-electron chi connectivity index (χ1n) is 6.63. The van der Waals surface area contributed by atoms with Crippen LogP contribution in [0.4, 0.5) is 0 Å².